The average Bonchev–Trinajstić information content (AvgIpc) is 2.31. The van der Waals surface area contributed by atoms with Gasteiger partial charge in [-0.3, -0.25) is 19.7 Å². The molecule has 0 atom stereocenters. The molecule has 9 heteroatoms. The Morgan fingerprint density at radius 3 is 2.50 bits per heavy atom. The lowest BCUT2D eigenvalue weighted by atomic mass is 10.2. The van der Waals surface area contributed by atoms with Crippen LogP contribution in [-0.4, -0.2) is 21.9 Å². The third kappa shape index (κ3) is 4.26. The van der Waals surface area contributed by atoms with Gasteiger partial charge in [0, 0.05) is 18.9 Å². The first-order valence-electron chi connectivity index (χ1n) is 5.46. The average molecular weight is 288 g/mol. The minimum Gasteiger partial charge on any atom is -0.481 e. The normalized spacial score (nSPS) is 10.1. The molecule has 0 heterocycles. The molecule has 1 amide bonds. The van der Waals surface area contributed by atoms with Crippen molar-refractivity contribution in [1.82, 2.24) is 0 Å². The summed E-state index contributed by atoms with van der Waals surface area (Å²) in [5.74, 6) is -4.31. The Morgan fingerprint density at radius 2 is 1.95 bits per heavy atom. The van der Waals surface area contributed by atoms with Crippen molar-refractivity contribution < 1.29 is 28.4 Å². The molecule has 0 fully saturated rings. The van der Waals surface area contributed by atoms with E-state index in [2.05, 4.69) is 0 Å². The Balaban J connectivity index is 2.83. The van der Waals surface area contributed by atoms with Crippen LogP contribution in [0.15, 0.2) is 12.1 Å². The third-order valence-corrected chi connectivity index (χ3v) is 2.29. The Morgan fingerprint density at radius 1 is 1.30 bits per heavy atom. The van der Waals surface area contributed by atoms with Crippen LogP contribution in [0.3, 0.4) is 0 Å². The fourth-order valence-electron chi connectivity index (χ4n) is 1.43. The first kappa shape index (κ1) is 15.5. The van der Waals surface area contributed by atoms with Gasteiger partial charge in [-0.25, -0.2) is 8.78 Å². The van der Waals surface area contributed by atoms with Gasteiger partial charge in [0.15, 0.2) is 11.5 Å². The van der Waals surface area contributed by atoms with Crippen LogP contribution in [0.2, 0.25) is 0 Å². The second-order valence-electron chi connectivity index (χ2n) is 3.83. The number of rotatable bonds is 6. The molecule has 0 aliphatic carbocycles. The van der Waals surface area contributed by atoms with Gasteiger partial charge in [0.2, 0.25) is 5.91 Å². The number of halogens is 2. The monoisotopic (exact) mass is 288 g/mol. The van der Waals surface area contributed by atoms with Gasteiger partial charge < -0.3 is 10.4 Å². The highest BCUT2D eigenvalue weighted by atomic mass is 19.1. The molecule has 0 aromatic heterocycles. The van der Waals surface area contributed by atoms with Crippen molar-refractivity contribution in [1.29, 1.82) is 0 Å². The van der Waals surface area contributed by atoms with E-state index in [9.17, 15) is 28.5 Å². The molecule has 1 rings (SSSR count). The summed E-state index contributed by atoms with van der Waals surface area (Å²) < 4.78 is 26.3. The molecule has 0 bridgehead atoms. The van der Waals surface area contributed by atoms with Gasteiger partial charge >= 0.3 is 5.97 Å². The predicted octanol–water partition coefficient (Wildman–Crippen LogP) is 2.07. The van der Waals surface area contributed by atoms with E-state index in [4.69, 9.17) is 5.11 Å². The second kappa shape index (κ2) is 6.55. The Labute approximate surface area is 111 Å². The van der Waals surface area contributed by atoms with E-state index in [1.165, 1.54) is 0 Å². The number of hydrogen-bond acceptors (Lipinski definition) is 4. The number of nitro benzene ring substituents is 1. The smallest absolute Gasteiger partial charge is 0.303 e. The number of hydrogen-bond donors (Lipinski definition) is 2. The van der Waals surface area contributed by atoms with Crippen molar-refractivity contribution in [3.8, 4) is 0 Å². The quantitative estimate of drug-likeness (QED) is 0.615. The first-order chi connectivity index (χ1) is 9.31. The molecular weight excluding hydrogens is 278 g/mol. The van der Waals surface area contributed by atoms with Crippen LogP contribution >= 0.6 is 0 Å². The van der Waals surface area contributed by atoms with Crippen molar-refractivity contribution in [3.63, 3.8) is 0 Å². The van der Waals surface area contributed by atoms with Crippen molar-refractivity contribution >= 4 is 23.3 Å². The van der Waals surface area contributed by atoms with Gasteiger partial charge in [0.25, 0.3) is 5.69 Å². The lowest BCUT2D eigenvalue weighted by Crippen LogP contribution is -2.14. The maximum atomic E-state index is 13.4. The number of carboxylic acids is 1. The zero-order valence-corrected chi connectivity index (χ0v) is 10.1. The number of carbonyl (C=O) groups excluding carboxylic acids is 1. The summed E-state index contributed by atoms with van der Waals surface area (Å²) in [4.78, 5) is 31.3. The second-order valence-corrected chi connectivity index (χ2v) is 3.83. The summed E-state index contributed by atoms with van der Waals surface area (Å²) in [6, 6.07) is 0.885. The van der Waals surface area contributed by atoms with Crippen LogP contribution < -0.4 is 5.32 Å². The number of carbonyl (C=O) groups is 2. The van der Waals surface area contributed by atoms with Crippen LogP contribution in [0.25, 0.3) is 0 Å². The molecule has 108 valence electrons. The lowest BCUT2D eigenvalue weighted by molar-refractivity contribution is -0.384. The molecule has 2 N–H and O–H groups in total. The summed E-state index contributed by atoms with van der Waals surface area (Å²) in [5.41, 5.74) is -1.65. The topological polar surface area (TPSA) is 110 Å². The molecule has 7 nitrogen and oxygen atoms in total. The number of nitrogens with zero attached hydrogens (tertiary/aromatic N) is 1. The number of nitrogens with one attached hydrogen (secondary N) is 1. The number of aliphatic carboxylic acids is 1. The highest BCUT2D eigenvalue weighted by Crippen LogP contribution is 2.28. The van der Waals surface area contributed by atoms with Crippen LogP contribution in [0.5, 0.6) is 0 Å². The zero-order valence-electron chi connectivity index (χ0n) is 10.1. The van der Waals surface area contributed by atoms with Crippen LogP contribution in [0, 0.1) is 21.7 Å². The fourth-order valence-corrected chi connectivity index (χ4v) is 1.43. The molecule has 0 spiro atoms. The molecule has 0 radical (unpaired) electrons. The number of anilines is 1. The Bertz CT molecular complexity index is 562. The van der Waals surface area contributed by atoms with E-state index in [0.717, 1.165) is 0 Å². The molecular formula is C11H10F2N2O5. The van der Waals surface area contributed by atoms with Crippen molar-refractivity contribution in [2.45, 2.75) is 19.3 Å². The van der Waals surface area contributed by atoms with Crippen molar-refractivity contribution in [2.24, 2.45) is 0 Å². The Kier molecular flexibility index (Phi) is 5.07. The summed E-state index contributed by atoms with van der Waals surface area (Å²) in [7, 11) is 0. The third-order valence-electron chi connectivity index (χ3n) is 2.29. The lowest BCUT2D eigenvalue weighted by Gasteiger charge is -2.07. The fraction of sp³-hybridized carbons (Fsp3) is 0.273. The SMILES string of the molecule is O=C(O)CCCC(=O)Nc1c(F)cc(F)cc1[N+](=O)[O-]. The summed E-state index contributed by atoms with van der Waals surface area (Å²) in [5, 5.41) is 21.0. The van der Waals surface area contributed by atoms with Gasteiger partial charge in [-0.05, 0) is 6.42 Å². The zero-order chi connectivity index (χ0) is 15.3. The first-order valence-corrected chi connectivity index (χ1v) is 5.46. The van der Waals surface area contributed by atoms with Crippen molar-refractivity contribution in [2.75, 3.05) is 5.32 Å². The van der Waals surface area contributed by atoms with Crippen molar-refractivity contribution in [3.05, 3.63) is 33.9 Å². The minimum atomic E-state index is -1.27. The van der Waals surface area contributed by atoms with E-state index in [1.807, 2.05) is 5.32 Å². The van der Waals surface area contributed by atoms with Crippen LogP contribution in [0.4, 0.5) is 20.2 Å². The van der Waals surface area contributed by atoms with E-state index in [-0.39, 0.29) is 19.3 Å². The number of carboxylic acid groups (broad SMARTS) is 1. The molecule has 20 heavy (non-hydrogen) atoms. The number of nitro groups is 1. The van der Waals surface area contributed by atoms with E-state index in [0.29, 0.717) is 12.1 Å². The summed E-state index contributed by atoms with van der Waals surface area (Å²) in [6.45, 7) is 0. The molecule has 1 aromatic rings. The maximum absolute atomic E-state index is 13.4. The largest absolute Gasteiger partial charge is 0.481 e. The molecule has 1 aromatic carbocycles. The van der Waals surface area contributed by atoms with Crippen LogP contribution in [0.1, 0.15) is 19.3 Å². The van der Waals surface area contributed by atoms with Gasteiger partial charge in [-0.2, -0.15) is 0 Å². The van der Waals surface area contributed by atoms with E-state index >= 15 is 0 Å². The number of benzene rings is 1. The molecule has 0 saturated carbocycles. The molecule has 0 aliphatic rings. The predicted molar refractivity (Wildman–Crippen MR) is 63.1 cm³/mol. The minimum absolute atomic E-state index is 0.00220. The van der Waals surface area contributed by atoms with Gasteiger partial charge in [0.1, 0.15) is 5.82 Å². The van der Waals surface area contributed by atoms with Gasteiger partial charge in [0.05, 0.1) is 11.0 Å². The molecule has 0 aliphatic heterocycles. The Hall–Kier alpha value is -2.58. The van der Waals surface area contributed by atoms with Gasteiger partial charge in [-0.15, -0.1) is 0 Å². The number of amides is 1. The molecule has 0 unspecified atom stereocenters. The summed E-state index contributed by atoms with van der Waals surface area (Å²) >= 11 is 0. The highest BCUT2D eigenvalue weighted by molar-refractivity contribution is 5.93. The van der Waals surface area contributed by atoms with Gasteiger partial charge in [-0.1, -0.05) is 0 Å². The maximum Gasteiger partial charge on any atom is 0.303 e. The van der Waals surface area contributed by atoms with Crippen LogP contribution in [-0.2, 0) is 9.59 Å². The summed E-state index contributed by atoms with van der Waals surface area (Å²) in [6.07, 6.45) is -0.514. The highest BCUT2D eigenvalue weighted by Gasteiger charge is 2.22. The standard InChI is InChI=1S/C11H10F2N2O5/c12-6-4-7(13)11(8(5-6)15(19)20)14-9(16)2-1-3-10(17)18/h4-5H,1-3H2,(H,14,16)(H,17,18). The molecule has 0 saturated heterocycles. The van der Waals surface area contributed by atoms with E-state index < -0.39 is 39.8 Å². The van der Waals surface area contributed by atoms with E-state index in [1.54, 1.807) is 0 Å².